The lowest BCUT2D eigenvalue weighted by Crippen LogP contribution is -2.40. The van der Waals surface area contributed by atoms with E-state index in [1.165, 1.54) is 5.56 Å². The highest BCUT2D eigenvalue weighted by Crippen LogP contribution is 2.22. The van der Waals surface area contributed by atoms with Crippen LogP contribution in [0.5, 0.6) is 0 Å². The minimum Gasteiger partial charge on any atom is -0.387 e. The number of carbonyl (C=O) groups is 2. The highest BCUT2D eigenvalue weighted by atomic mass is 16.3. The smallest absolute Gasteiger partial charge is 0.248 e. The summed E-state index contributed by atoms with van der Waals surface area (Å²) >= 11 is 0. The summed E-state index contributed by atoms with van der Waals surface area (Å²) in [5, 5.41) is 12.1. The molecule has 2 aliphatic rings. The normalized spacial score (nSPS) is 21.4. The molecule has 2 saturated heterocycles. The molecule has 2 amide bonds. The first-order chi connectivity index (χ1) is 13.1. The largest absolute Gasteiger partial charge is 0.387 e. The Morgan fingerprint density at radius 2 is 1.81 bits per heavy atom. The Balaban J connectivity index is 1.32. The fourth-order valence-electron chi connectivity index (χ4n) is 4.14. The van der Waals surface area contributed by atoms with Crippen LogP contribution in [0.25, 0.3) is 0 Å². The number of rotatable bonds is 7. The second kappa shape index (κ2) is 9.85. The monoisotopic (exact) mass is 373 g/mol. The molecule has 2 aliphatic heterocycles. The van der Waals surface area contributed by atoms with Gasteiger partial charge >= 0.3 is 0 Å². The fraction of sp³-hybridized carbons (Fsp3) is 0.619. The second-order valence-electron chi connectivity index (χ2n) is 7.79. The third kappa shape index (κ3) is 6.04. The van der Waals surface area contributed by atoms with Crippen LogP contribution >= 0.6 is 0 Å². The van der Waals surface area contributed by atoms with Crippen molar-refractivity contribution in [1.82, 2.24) is 15.1 Å². The van der Waals surface area contributed by atoms with Crippen molar-refractivity contribution in [2.24, 2.45) is 5.92 Å². The van der Waals surface area contributed by atoms with Crippen LogP contribution in [-0.4, -0.2) is 65.5 Å². The zero-order valence-electron chi connectivity index (χ0n) is 16.0. The Morgan fingerprint density at radius 3 is 2.52 bits per heavy atom. The van der Waals surface area contributed by atoms with Gasteiger partial charge < -0.3 is 15.3 Å². The predicted molar refractivity (Wildman–Crippen MR) is 104 cm³/mol. The minimum atomic E-state index is -0.407. The van der Waals surface area contributed by atoms with Crippen LogP contribution < -0.4 is 5.32 Å². The standard InChI is InChI=1S/C21H31N3O3/c25-16-21(27)24-12-8-17(9-13-24)6-7-20(26)22-19-10-11-23(15-19)14-18-4-2-1-3-5-18/h1-5,17,19,25H,6-16H2,(H,22,26)/t19-/m1/s1. The molecule has 0 unspecified atom stereocenters. The molecule has 0 aromatic heterocycles. The van der Waals surface area contributed by atoms with Crippen molar-refractivity contribution in [1.29, 1.82) is 0 Å². The van der Waals surface area contributed by atoms with E-state index < -0.39 is 6.61 Å². The van der Waals surface area contributed by atoms with Crippen molar-refractivity contribution < 1.29 is 14.7 Å². The first-order valence-electron chi connectivity index (χ1n) is 10.1. The molecule has 1 aromatic rings. The number of amides is 2. The van der Waals surface area contributed by atoms with Gasteiger partial charge in [-0.3, -0.25) is 14.5 Å². The maximum absolute atomic E-state index is 12.3. The van der Waals surface area contributed by atoms with Gasteiger partial charge in [-0.2, -0.15) is 0 Å². The molecular weight excluding hydrogens is 342 g/mol. The molecule has 2 heterocycles. The average Bonchev–Trinajstić information content (AvgIpc) is 3.13. The number of likely N-dealkylation sites (tertiary alicyclic amines) is 2. The van der Waals surface area contributed by atoms with E-state index in [0.29, 0.717) is 25.4 Å². The zero-order valence-corrected chi connectivity index (χ0v) is 16.0. The maximum Gasteiger partial charge on any atom is 0.248 e. The third-order valence-corrected chi connectivity index (χ3v) is 5.77. The van der Waals surface area contributed by atoms with Gasteiger partial charge in [0.2, 0.25) is 11.8 Å². The highest BCUT2D eigenvalue weighted by molar-refractivity contribution is 5.77. The van der Waals surface area contributed by atoms with E-state index in [9.17, 15) is 9.59 Å². The Bertz CT molecular complexity index is 614. The summed E-state index contributed by atoms with van der Waals surface area (Å²) < 4.78 is 0. The molecule has 2 N–H and O–H groups in total. The first-order valence-corrected chi connectivity index (χ1v) is 10.1. The molecule has 0 saturated carbocycles. The number of piperidine rings is 1. The van der Waals surface area contributed by atoms with Crippen molar-refractivity contribution in [3.63, 3.8) is 0 Å². The first kappa shape index (κ1) is 19.8. The van der Waals surface area contributed by atoms with Gasteiger partial charge in [0.25, 0.3) is 0 Å². The summed E-state index contributed by atoms with van der Waals surface area (Å²) in [7, 11) is 0. The Hall–Kier alpha value is -1.92. The van der Waals surface area contributed by atoms with Crippen LogP contribution in [0.4, 0.5) is 0 Å². The van der Waals surface area contributed by atoms with Gasteiger partial charge in [-0.1, -0.05) is 30.3 Å². The lowest BCUT2D eigenvalue weighted by atomic mass is 9.92. The molecule has 6 heteroatoms. The van der Waals surface area contributed by atoms with Crippen LogP contribution in [-0.2, 0) is 16.1 Å². The van der Waals surface area contributed by atoms with E-state index in [0.717, 1.165) is 45.3 Å². The van der Waals surface area contributed by atoms with Crippen molar-refractivity contribution >= 4 is 11.8 Å². The van der Waals surface area contributed by atoms with Gasteiger partial charge in [-0.15, -0.1) is 0 Å². The maximum atomic E-state index is 12.3. The number of nitrogens with zero attached hydrogens (tertiary/aromatic N) is 2. The van der Waals surface area contributed by atoms with Gasteiger partial charge in [0.1, 0.15) is 6.61 Å². The topological polar surface area (TPSA) is 72.9 Å². The predicted octanol–water partition coefficient (Wildman–Crippen LogP) is 1.39. The highest BCUT2D eigenvalue weighted by Gasteiger charge is 2.25. The summed E-state index contributed by atoms with van der Waals surface area (Å²) in [5.74, 6) is 0.458. The second-order valence-corrected chi connectivity index (χ2v) is 7.79. The quantitative estimate of drug-likeness (QED) is 0.758. The minimum absolute atomic E-state index is 0.149. The number of hydrogen-bond acceptors (Lipinski definition) is 4. The lowest BCUT2D eigenvalue weighted by molar-refractivity contribution is -0.135. The molecular formula is C21H31N3O3. The van der Waals surface area contributed by atoms with Gasteiger partial charge in [0, 0.05) is 45.2 Å². The number of aliphatic hydroxyl groups excluding tert-OH is 1. The van der Waals surface area contributed by atoms with Crippen LogP contribution in [0.3, 0.4) is 0 Å². The van der Waals surface area contributed by atoms with Crippen LogP contribution in [0.1, 0.15) is 37.7 Å². The van der Waals surface area contributed by atoms with E-state index in [1.54, 1.807) is 4.90 Å². The summed E-state index contributed by atoms with van der Waals surface area (Å²) in [4.78, 5) is 27.9. The molecule has 3 rings (SSSR count). The number of nitrogens with one attached hydrogen (secondary N) is 1. The number of hydrogen-bond donors (Lipinski definition) is 2. The summed E-state index contributed by atoms with van der Waals surface area (Å²) in [5.41, 5.74) is 1.32. The zero-order chi connectivity index (χ0) is 19.1. The van der Waals surface area contributed by atoms with Crippen LogP contribution in [0, 0.1) is 5.92 Å². The molecule has 2 fully saturated rings. The van der Waals surface area contributed by atoms with E-state index >= 15 is 0 Å². The summed E-state index contributed by atoms with van der Waals surface area (Å²) in [6.45, 7) is 3.87. The van der Waals surface area contributed by atoms with Crippen molar-refractivity contribution in [2.45, 2.75) is 44.7 Å². The molecule has 0 bridgehead atoms. The summed E-state index contributed by atoms with van der Waals surface area (Å²) in [6.07, 6.45) is 4.31. The average molecular weight is 373 g/mol. The molecule has 0 aliphatic carbocycles. The Kier molecular flexibility index (Phi) is 7.24. The molecule has 148 valence electrons. The van der Waals surface area contributed by atoms with Crippen molar-refractivity contribution in [3.05, 3.63) is 35.9 Å². The molecule has 0 radical (unpaired) electrons. The third-order valence-electron chi connectivity index (χ3n) is 5.77. The van der Waals surface area contributed by atoms with Crippen LogP contribution in [0.2, 0.25) is 0 Å². The molecule has 1 atom stereocenters. The summed E-state index contributed by atoms with van der Waals surface area (Å²) in [6, 6.07) is 10.7. The molecule has 6 nitrogen and oxygen atoms in total. The van der Waals surface area contributed by atoms with E-state index in [1.807, 2.05) is 6.07 Å². The van der Waals surface area contributed by atoms with Gasteiger partial charge in [-0.05, 0) is 37.2 Å². The number of aliphatic hydroxyl groups is 1. The van der Waals surface area contributed by atoms with Crippen molar-refractivity contribution in [3.8, 4) is 0 Å². The lowest BCUT2D eigenvalue weighted by Gasteiger charge is -2.31. The molecule has 0 spiro atoms. The number of carbonyl (C=O) groups excluding carboxylic acids is 2. The SMILES string of the molecule is O=C(CCC1CCN(C(=O)CO)CC1)N[C@@H]1CCN(Cc2ccccc2)C1. The molecule has 27 heavy (non-hydrogen) atoms. The van der Waals surface area contributed by atoms with Crippen molar-refractivity contribution in [2.75, 3.05) is 32.8 Å². The molecule has 1 aromatic carbocycles. The van der Waals surface area contributed by atoms with E-state index in [4.69, 9.17) is 5.11 Å². The number of benzene rings is 1. The van der Waals surface area contributed by atoms with Gasteiger partial charge in [0.05, 0.1) is 0 Å². The fourth-order valence-corrected chi connectivity index (χ4v) is 4.14. The van der Waals surface area contributed by atoms with E-state index in [-0.39, 0.29) is 17.9 Å². The Labute approximate surface area is 161 Å². The van der Waals surface area contributed by atoms with Gasteiger partial charge in [0.15, 0.2) is 0 Å². The van der Waals surface area contributed by atoms with Gasteiger partial charge in [-0.25, -0.2) is 0 Å². The van der Waals surface area contributed by atoms with Crippen LogP contribution in [0.15, 0.2) is 30.3 Å². The Morgan fingerprint density at radius 1 is 1.07 bits per heavy atom. The van der Waals surface area contributed by atoms with E-state index in [2.05, 4.69) is 34.5 Å².